The summed E-state index contributed by atoms with van der Waals surface area (Å²) in [7, 11) is 5.69. The number of aryl methyl sites for hydroxylation is 1. The maximum absolute atomic E-state index is 13.4. The zero-order chi connectivity index (χ0) is 27.2. The molecule has 1 amide bonds. The van der Waals surface area contributed by atoms with Gasteiger partial charge in [0.2, 0.25) is 5.95 Å². The van der Waals surface area contributed by atoms with Crippen LogP contribution < -0.4 is 16.0 Å². The van der Waals surface area contributed by atoms with Crippen molar-refractivity contribution in [3.05, 3.63) is 76.6 Å². The molecule has 3 rings (SSSR count). The SMILES string of the molecule is Cc1ccc(C(=O)Nc2cc(C(F)(F)F)ccc2N(C)CCCN(C)C)cc1C#Cc1cnc(N)nc1. The van der Waals surface area contributed by atoms with Crippen LogP contribution in [-0.4, -0.2) is 55.0 Å². The van der Waals surface area contributed by atoms with Gasteiger partial charge in [0.25, 0.3) is 5.91 Å². The molecule has 0 atom stereocenters. The van der Waals surface area contributed by atoms with E-state index in [4.69, 9.17) is 5.73 Å². The highest BCUT2D eigenvalue weighted by Crippen LogP contribution is 2.35. The summed E-state index contributed by atoms with van der Waals surface area (Å²) < 4.78 is 40.3. The minimum Gasteiger partial charge on any atom is -0.373 e. The first kappa shape index (κ1) is 27.5. The number of amides is 1. The van der Waals surface area contributed by atoms with E-state index < -0.39 is 17.6 Å². The molecule has 0 aliphatic rings. The van der Waals surface area contributed by atoms with Crippen molar-refractivity contribution in [1.29, 1.82) is 0 Å². The van der Waals surface area contributed by atoms with Crippen LogP contribution in [0, 0.1) is 18.8 Å². The zero-order valence-corrected chi connectivity index (χ0v) is 21.1. The third kappa shape index (κ3) is 7.69. The Labute approximate surface area is 214 Å². The first-order valence-corrected chi connectivity index (χ1v) is 11.5. The second-order valence-electron chi connectivity index (χ2n) is 8.87. The fourth-order valence-corrected chi connectivity index (χ4v) is 3.52. The van der Waals surface area contributed by atoms with Crippen LogP contribution in [0.5, 0.6) is 0 Å². The summed E-state index contributed by atoms with van der Waals surface area (Å²) in [5.74, 6) is 5.51. The first-order valence-electron chi connectivity index (χ1n) is 11.5. The van der Waals surface area contributed by atoms with E-state index >= 15 is 0 Å². The van der Waals surface area contributed by atoms with Gasteiger partial charge in [0.05, 0.1) is 22.5 Å². The topological polar surface area (TPSA) is 87.4 Å². The van der Waals surface area contributed by atoms with Gasteiger partial charge in [-0.1, -0.05) is 17.9 Å². The van der Waals surface area contributed by atoms with E-state index in [1.54, 1.807) is 25.2 Å². The van der Waals surface area contributed by atoms with E-state index in [-0.39, 0.29) is 17.2 Å². The summed E-state index contributed by atoms with van der Waals surface area (Å²) in [6.45, 7) is 3.27. The molecular formula is C27H29F3N6O. The summed E-state index contributed by atoms with van der Waals surface area (Å²) in [4.78, 5) is 24.8. The second kappa shape index (κ2) is 11.8. The molecule has 0 saturated carbocycles. The van der Waals surface area contributed by atoms with Crippen molar-refractivity contribution in [3.8, 4) is 11.8 Å². The van der Waals surface area contributed by atoms with Gasteiger partial charge in [-0.2, -0.15) is 13.2 Å². The van der Waals surface area contributed by atoms with E-state index in [0.29, 0.717) is 23.4 Å². The average Bonchev–Trinajstić information content (AvgIpc) is 2.83. The lowest BCUT2D eigenvalue weighted by atomic mass is 10.0. The molecule has 0 saturated heterocycles. The smallest absolute Gasteiger partial charge is 0.373 e. The van der Waals surface area contributed by atoms with Gasteiger partial charge in [0.15, 0.2) is 0 Å². The van der Waals surface area contributed by atoms with E-state index in [2.05, 4.69) is 27.1 Å². The number of hydrogen-bond acceptors (Lipinski definition) is 6. The molecule has 0 radical (unpaired) electrons. The molecule has 2 aromatic carbocycles. The fraction of sp³-hybridized carbons (Fsp3) is 0.296. The van der Waals surface area contributed by atoms with Crippen LogP contribution >= 0.6 is 0 Å². The third-order valence-electron chi connectivity index (χ3n) is 5.60. The number of nitrogen functional groups attached to an aromatic ring is 1. The molecule has 194 valence electrons. The summed E-state index contributed by atoms with van der Waals surface area (Å²) in [5, 5.41) is 2.67. The molecular weight excluding hydrogens is 481 g/mol. The number of nitrogens with two attached hydrogens (primary N) is 1. The predicted octanol–water partition coefficient (Wildman–Crippen LogP) is 4.43. The standard InChI is InChI=1S/C27H29F3N6O/c1-18-6-8-21(14-20(18)9-7-19-16-32-26(31)33-17-19)25(37)34-23-15-22(27(28,29)30)10-11-24(23)36(4)13-5-12-35(2)3/h6,8,10-11,14-17H,5,12-13H2,1-4H3,(H,34,37)(H2,31,32,33). The Balaban J connectivity index is 1.88. The monoisotopic (exact) mass is 510 g/mol. The van der Waals surface area contributed by atoms with Crippen LogP contribution in [-0.2, 0) is 6.18 Å². The lowest BCUT2D eigenvalue weighted by Crippen LogP contribution is -2.25. The Morgan fingerprint density at radius 2 is 1.73 bits per heavy atom. The van der Waals surface area contributed by atoms with Gasteiger partial charge >= 0.3 is 6.18 Å². The molecule has 10 heteroatoms. The van der Waals surface area contributed by atoms with Crippen molar-refractivity contribution < 1.29 is 18.0 Å². The number of rotatable bonds is 7. The van der Waals surface area contributed by atoms with Crippen LogP contribution in [0.1, 0.15) is 39.0 Å². The Kier molecular flexibility index (Phi) is 8.73. The van der Waals surface area contributed by atoms with Gasteiger partial charge in [0, 0.05) is 37.1 Å². The maximum Gasteiger partial charge on any atom is 0.416 e. The van der Waals surface area contributed by atoms with Crippen molar-refractivity contribution in [2.45, 2.75) is 19.5 Å². The van der Waals surface area contributed by atoms with E-state index in [0.717, 1.165) is 30.7 Å². The molecule has 0 bridgehead atoms. The number of carbonyl (C=O) groups excluding carboxylic acids is 1. The molecule has 0 unspecified atom stereocenters. The number of nitrogens with one attached hydrogen (secondary N) is 1. The molecule has 3 aromatic rings. The Bertz CT molecular complexity index is 1310. The van der Waals surface area contributed by atoms with Crippen molar-refractivity contribution in [2.24, 2.45) is 0 Å². The minimum atomic E-state index is -4.54. The summed E-state index contributed by atoms with van der Waals surface area (Å²) >= 11 is 0. The highest BCUT2D eigenvalue weighted by atomic mass is 19.4. The minimum absolute atomic E-state index is 0.0828. The molecule has 37 heavy (non-hydrogen) atoms. The molecule has 3 N–H and O–H groups in total. The molecule has 0 fully saturated rings. The Morgan fingerprint density at radius 3 is 2.38 bits per heavy atom. The number of hydrogen-bond donors (Lipinski definition) is 2. The van der Waals surface area contributed by atoms with Crippen molar-refractivity contribution in [2.75, 3.05) is 50.2 Å². The molecule has 7 nitrogen and oxygen atoms in total. The number of halogens is 3. The zero-order valence-electron chi connectivity index (χ0n) is 21.1. The van der Waals surface area contributed by atoms with E-state index in [9.17, 15) is 18.0 Å². The number of benzene rings is 2. The molecule has 0 aliphatic carbocycles. The lowest BCUT2D eigenvalue weighted by Gasteiger charge is -2.24. The molecule has 1 aromatic heterocycles. The quantitative estimate of drug-likeness (QED) is 0.458. The Morgan fingerprint density at radius 1 is 1.03 bits per heavy atom. The highest BCUT2D eigenvalue weighted by molar-refractivity contribution is 6.06. The largest absolute Gasteiger partial charge is 0.416 e. The number of nitrogens with zero attached hydrogens (tertiary/aromatic N) is 4. The van der Waals surface area contributed by atoms with E-state index in [1.165, 1.54) is 18.5 Å². The highest BCUT2D eigenvalue weighted by Gasteiger charge is 2.31. The first-order chi connectivity index (χ1) is 17.4. The van der Waals surface area contributed by atoms with Gasteiger partial charge < -0.3 is 20.9 Å². The number of carbonyl (C=O) groups is 1. The number of alkyl halides is 3. The fourth-order valence-electron chi connectivity index (χ4n) is 3.52. The van der Waals surface area contributed by atoms with Crippen molar-refractivity contribution >= 4 is 23.2 Å². The molecule has 0 spiro atoms. The van der Waals surface area contributed by atoms with Crippen LogP contribution in [0.25, 0.3) is 0 Å². The van der Waals surface area contributed by atoms with E-state index in [1.807, 2.05) is 30.8 Å². The van der Waals surface area contributed by atoms with Crippen LogP contribution in [0.2, 0.25) is 0 Å². The molecule has 0 aliphatic heterocycles. The van der Waals surface area contributed by atoms with Gasteiger partial charge in [-0.15, -0.1) is 0 Å². The Hall–Kier alpha value is -4.10. The van der Waals surface area contributed by atoms with Crippen LogP contribution in [0.3, 0.4) is 0 Å². The average molecular weight is 511 g/mol. The van der Waals surface area contributed by atoms with Gasteiger partial charge in [-0.25, -0.2) is 9.97 Å². The summed E-state index contributed by atoms with van der Waals surface area (Å²) in [6, 6.07) is 8.31. The molecule has 1 heterocycles. The van der Waals surface area contributed by atoms with Gasteiger partial charge in [0.1, 0.15) is 0 Å². The van der Waals surface area contributed by atoms with Gasteiger partial charge in [-0.05, 0) is 69.9 Å². The lowest BCUT2D eigenvalue weighted by molar-refractivity contribution is -0.137. The van der Waals surface area contributed by atoms with Crippen molar-refractivity contribution in [1.82, 2.24) is 14.9 Å². The normalized spacial score (nSPS) is 11.1. The van der Waals surface area contributed by atoms with Crippen molar-refractivity contribution in [3.63, 3.8) is 0 Å². The van der Waals surface area contributed by atoms with Crippen LogP contribution in [0.15, 0.2) is 48.8 Å². The third-order valence-corrected chi connectivity index (χ3v) is 5.60. The number of anilines is 3. The number of aromatic nitrogens is 2. The van der Waals surface area contributed by atoms with Gasteiger partial charge in [-0.3, -0.25) is 4.79 Å². The second-order valence-corrected chi connectivity index (χ2v) is 8.87. The predicted molar refractivity (Wildman–Crippen MR) is 139 cm³/mol. The summed E-state index contributed by atoms with van der Waals surface area (Å²) in [6.07, 6.45) is -0.756. The summed E-state index contributed by atoms with van der Waals surface area (Å²) in [5.41, 5.74) is 7.47. The maximum atomic E-state index is 13.4. The van der Waals surface area contributed by atoms with Crippen LogP contribution in [0.4, 0.5) is 30.5 Å².